The summed E-state index contributed by atoms with van der Waals surface area (Å²) < 4.78 is 5.53. The highest BCUT2D eigenvalue weighted by Gasteiger charge is 2.51. The van der Waals surface area contributed by atoms with E-state index in [9.17, 15) is 4.79 Å². The van der Waals surface area contributed by atoms with Crippen LogP contribution in [0, 0.1) is 5.92 Å². The van der Waals surface area contributed by atoms with Crippen LogP contribution in [0.3, 0.4) is 0 Å². The van der Waals surface area contributed by atoms with Crippen molar-refractivity contribution in [3.63, 3.8) is 0 Å². The van der Waals surface area contributed by atoms with Gasteiger partial charge in [0.2, 0.25) is 5.91 Å². The van der Waals surface area contributed by atoms with Crippen LogP contribution in [0.25, 0.3) is 0 Å². The maximum atomic E-state index is 10.7. The molecule has 3 rings (SSSR count). The molecule has 0 aromatic heterocycles. The minimum atomic E-state index is 0.211. The van der Waals surface area contributed by atoms with Gasteiger partial charge in [-0.1, -0.05) is 6.42 Å². The number of hydrogen-bond acceptors (Lipinski definition) is 2. The van der Waals surface area contributed by atoms with Crippen LogP contribution in [-0.2, 0) is 9.53 Å². The van der Waals surface area contributed by atoms with E-state index in [2.05, 4.69) is 5.32 Å². The highest BCUT2D eigenvalue weighted by Crippen LogP contribution is 2.43. The van der Waals surface area contributed by atoms with Gasteiger partial charge in [-0.3, -0.25) is 4.79 Å². The van der Waals surface area contributed by atoms with Gasteiger partial charge in [0, 0.05) is 18.4 Å². The molecule has 2 heterocycles. The summed E-state index contributed by atoms with van der Waals surface area (Å²) in [6.07, 6.45) is 5.52. The molecule has 0 radical (unpaired) electrons. The number of rotatable bonds is 1. The molecule has 2 saturated heterocycles. The lowest BCUT2D eigenvalue weighted by atomic mass is 9.80. The lowest BCUT2D eigenvalue weighted by molar-refractivity contribution is -0.129. The van der Waals surface area contributed by atoms with E-state index in [0.717, 1.165) is 6.42 Å². The first kappa shape index (κ1) is 6.89. The molecule has 3 nitrogen and oxygen atoms in total. The van der Waals surface area contributed by atoms with Crippen LogP contribution in [0.1, 0.15) is 25.7 Å². The molecule has 1 N–H and O–H groups in total. The Labute approximate surface area is 71.5 Å². The monoisotopic (exact) mass is 167 g/mol. The zero-order valence-electron chi connectivity index (χ0n) is 6.95. The first-order valence-electron chi connectivity index (χ1n) is 4.79. The van der Waals surface area contributed by atoms with E-state index in [1.165, 1.54) is 19.3 Å². The maximum absolute atomic E-state index is 10.7. The van der Waals surface area contributed by atoms with Crippen molar-refractivity contribution in [2.24, 2.45) is 5.92 Å². The standard InChI is InChI=1S/C9H13NO2/c11-8-4-6(10-8)5-2-1-3-7-9(5)12-7/h5-7,9H,1-4H2,(H,10,11). The van der Waals surface area contributed by atoms with Crippen LogP contribution >= 0.6 is 0 Å². The molecule has 0 aromatic carbocycles. The Kier molecular flexibility index (Phi) is 1.28. The highest BCUT2D eigenvalue weighted by molar-refractivity contribution is 5.82. The van der Waals surface area contributed by atoms with Crippen molar-refractivity contribution in [2.45, 2.75) is 43.9 Å². The molecule has 1 amide bonds. The Morgan fingerprint density at radius 3 is 3.00 bits per heavy atom. The van der Waals surface area contributed by atoms with E-state index in [0.29, 0.717) is 24.2 Å². The van der Waals surface area contributed by atoms with Crippen LogP contribution in [-0.4, -0.2) is 24.2 Å². The van der Waals surface area contributed by atoms with Crippen molar-refractivity contribution >= 4 is 5.91 Å². The molecule has 0 aromatic rings. The molecular weight excluding hydrogens is 154 g/mol. The number of nitrogens with one attached hydrogen (secondary N) is 1. The van der Waals surface area contributed by atoms with Crippen LogP contribution in [0.4, 0.5) is 0 Å². The minimum absolute atomic E-state index is 0.211. The first-order valence-corrected chi connectivity index (χ1v) is 4.79. The fourth-order valence-corrected chi connectivity index (χ4v) is 2.56. The fourth-order valence-electron chi connectivity index (χ4n) is 2.56. The predicted molar refractivity (Wildman–Crippen MR) is 42.5 cm³/mol. The van der Waals surface area contributed by atoms with E-state index in [1.807, 2.05) is 0 Å². The van der Waals surface area contributed by atoms with Gasteiger partial charge in [0.25, 0.3) is 0 Å². The summed E-state index contributed by atoms with van der Waals surface area (Å²) in [5.74, 6) is 0.837. The number of fused-ring (bicyclic) bond motifs is 1. The van der Waals surface area contributed by atoms with Gasteiger partial charge in [-0.2, -0.15) is 0 Å². The topological polar surface area (TPSA) is 41.6 Å². The van der Waals surface area contributed by atoms with Crippen molar-refractivity contribution in [3.8, 4) is 0 Å². The van der Waals surface area contributed by atoms with Gasteiger partial charge in [-0.25, -0.2) is 0 Å². The van der Waals surface area contributed by atoms with Crippen LogP contribution in [0.15, 0.2) is 0 Å². The highest BCUT2D eigenvalue weighted by atomic mass is 16.6. The van der Waals surface area contributed by atoms with Gasteiger partial charge in [0.1, 0.15) is 0 Å². The first-order chi connectivity index (χ1) is 5.84. The third-order valence-corrected chi connectivity index (χ3v) is 3.34. The number of carbonyl (C=O) groups is 1. The number of hydrogen-bond donors (Lipinski definition) is 1. The van der Waals surface area contributed by atoms with Gasteiger partial charge in [0.15, 0.2) is 0 Å². The van der Waals surface area contributed by atoms with Crippen molar-refractivity contribution in [1.29, 1.82) is 0 Å². The van der Waals surface area contributed by atoms with E-state index in [-0.39, 0.29) is 5.91 Å². The summed E-state index contributed by atoms with van der Waals surface area (Å²) in [5, 5.41) is 2.95. The third-order valence-electron chi connectivity index (χ3n) is 3.34. The molecule has 4 unspecified atom stereocenters. The summed E-state index contributed by atoms with van der Waals surface area (Å²) >= 11 is 0. The predicted octanol–water partition coefficient (Wildman–Crippen LogP) is 0.442. The Hall–Kier alpha value is -0.570. The third kappa shape index (κ3) is 0.891. The Balaban J connectivity index is 1.65. The molecule has 3 fully saturated rings. The normalized spacial score (nSPS) is 50.5. The second kappa shape index (κ2) is 2.22. The van der Waals surface area contributed by atoms with Crippen LogP contribution < -0.4 is 5.32 Å². The minimum Gasteiger partial charge on any atom is -0.369 e. The number of carbonyl (C=O) groups excluding carboxylic acids is 1. The summed E-state index contributed by atoms with van der Waals surface area (Å²) in [7, 11) is 0. The Morgan fingerprint density at radius 2 is 2.25 bits per heavy atom. The Bertz CT molecular complexity index is 221. The lowest BCUT2D eigenvalue weighted by Gasteiger charge is -2.35. The fraction of sp³-hybridized carbons (Fsp3) is 0.889. The van der Waals surface area contributed by atoms with Gasteiger partial charge in [0.05, 0.1) is 12.2 Å². The largest absolute Gasteiger partial charge is 0.369 e. The van der Waals surface area contributed by atoms with Gasteiger partial charge in [-0.15, -0.1) is 0 Å². The summed E-state index contributed by atoms with van der Waals surface area (Å²) in [5.41, 5.74) is 0. The molecule has 3 aliphatic rings. The molecule has 66 valence electrons. The number of amides is 1. The Morgan fingerprint density at radius 1 is 1.42 bits per heavy atom. The lowest BCUT2D eigenvalue weighted by Crippen LogP contribution is -2.54. The van der Waals surface area contributed by atoms with E-state index < -0.39 is 0 Å². The number of epoxide rings is 1. The van der Waals surface area contributed by atoms with Crippen LogP contribution in [0.5, 0.6) is 0 Å². The van der Waals surface area contributed by atoms with Crippen molar-refractivity contribution in [1.82, 2.24) is 5.32 Å². The summed E-state index contributed by atoms with van der Waals surface area (Å²) in [4.78, 5) is 10.7. The molecular formula is C9H13NO2. The molecule has 2 aliphatic heterocycles. The average Bonchev–Trinajstić information content (AvgIpc) is 2.76. The van der Waals surface area contributed by atoms with Gasteiger partial charge >= 0.3 is 0 Å². The number of ether oxygens (including phenoxy) is 1. The SMILES string of the molecule is O=C1CC(C2CCCC3OC32)N1. The molecule has 4 atom stereocenters. The van der Waals surface area contributed by atoms with Gasteiger partial charge < -0.3 is 10.1 Å². The average molecular weight is 167 g/mol. The van der Waals surface area contributed by atoms with Crippen molar-refractivity contribution in [2.75, 3.05) is 0 Å². The van der Waals surface area contributed by atoms with Crippen LogP contribution in [0.2, 0.25) is 0 Å². The molecule has 1 aliphatic carbocycles. The van der Waals surface area contributed by atoms with Crippen molar-refractivity contribution < 1.29 is 9.53 Å². The molecule has 1 saturated carbocycles. The molecule has 0 bridgehead atoms. The summed E-state index contributed by atoms with van der Waals surface area (Å²) in [6.45, 7) is 0. The number of β-lactam (4-membered cyclic amide) rings is 1. The molecule has 12 heavy (non-hydrogen) atoms. The maximum Gasteiger partial charge on any atom is 0.222 e. The van der Waals surface area contributed by atoms with Gasteiger partial charge in [-0.05, 0) is 12.8 Å². The van der Waals surface area contributed by atoms with E-state index in [4.69, 9.17) is 4.74 Å². The molecule has 0 spiro atoms. The second-order valence-corrected chi connectivity index (χ2v) is 4.11. The van der Waals surface area contributed by atoms with E-state index in [1.54, 1.807) is 0 Å². The zero-order valence-corrected chi connectivity index (χ0v) is 6.95. The van der Waals surface area contributed by atoms with E-state index >= 15 is 0 Å². The molecule has 3 heteroatoms. The second-order valence-electron chi connectivity index (χ2n) is 4.11. The quantitative estimate of drug-likeness (QED) is 0.455. The smallest absolute Gasteiger partial charge is 0.222 e. The summed E-state index contributed by atoms with van der Waals surface area (Å²) in [6, 6.07) is 0.438. The van der Waals surface area contributed by atoms with Crippen molar-refractivity contribution in [3.05, 3.63) is 0 Å². The zero-order chi connectivity index (χ0) is 8.13.